The van der Waals surface area contributed by atoms with Crippen molar-refractivity contribution in [2.75, 3.05) is 6.54 Å². The number of fused-ring (bicyclic) bond motifs is 4. The molecule has 1 aromatic rings. The Kier molecular flexibility index (Phi) is 3.12. The summed E-state index contributed by atoms with van der Waals surface area (Å²) in [6, 6.07) is 0.765. The highest BCUT2D eigenvalue weighted by molar-refractivity contribution is 5.78. The first-order valence-corrected chi connectivity index (χ1v) is 8.66. The maximum absolute atomic E-state index is 11.5. The minimum Gasteiger partial charge on any atom is -0.481 e. The molecule has 1 aliphatic carbocycles. The number of carboxylic acid groups (broad SMARTS) is 1. The van der Waals surface area contributed by atoms with Gasteiger partial charge >= 0.3 is 5.97 Å². The molecule has 2 aliphatic heterocycles. The zero-order valence-electron chi connectivity index (χ0n) is 14.2. The highest BCUT2D eigenvalue weighted by Gasteiger charge is 2.54. The molecule has 124 valence electrons. The van der Waals surface area contributed by atoms with E-state index in [0.717, 1.165) is 37.9 Å². The van der Waals surface area contributed by atoms with Gasteiger partial charge in [-0.15, -0.1) is 0 Å². The molecular weight excluding hydrogens is 290 g/mol. The predicted octanol–water partition coefficient (Wildman–Crippen LogP) is 2.70. The Hall–Kier alpha value is -1.49. The standard InChI is InChI=1S/C18H25N3O2/c1-17(2,3)15-19-9-12-13(20-15)8-11-4-5-14(12)21(11)10-18(6-7-18)16(22)23/h9,11,14H,4-8,10H2,1-3H3,(H,22,23). The minimum absolute atomic E-state index is 0.0351. The van der Waals surface area contributed by atoms with Crippen LogP contribution in [0.15, 0.2) is 6.20 Å². The van der Waals surface area contributed by atoms with Crippen molar-refractivity contribution >= 4 is 5.97 Å². The van der Waals surface area contributed by atoms with Crippen LogP contribution in [-0.2, 0) is 16.6 Å². The fourth-order valence-corrected chi connectivity index (χ4v) is 4.12. The largest absolute Gasteiger partial charge is 0.481 e. The second-order valence-corrected chi connectivity index (χ2v) is 8.55. The van der Waals surface area contributed by atoms with E-state index in [2.05, 4.69) is 30.7 Å². The average molecular weight is 315 g/mol. The molecule has 1 saturated heterocycles. The van der Waals surface area contributed by atoms with Crippen molar-refractivity contribution in [3.63, 3.8) is 0 Å². The molecule has 23 heavy (non-hydrogen) atoms. The summed E-state index contributed by atoms with van der Waals surface area (Å²) in [6.45, 7) is 7.12. The lowest BCUT2D eigenvalue weighted by Crippen LogP contribution is -2.43. The lowest BCUT2D eigenvalue weighted by Gasteiger charge is -2.37. The predicted molar refractivity (Wildman–Crippen MR) is 86.2 cm³/mol. The maximum atomic E-state index is 11.5. The molecule has 1 aromatic heterocycles. The summed E-state index contributed by atoms with van der Waals surface area (Å²) in [5, 5.41) is 9.50. The van der Waals surface area contributed by atoms with E-state index in [4.69, 9.17) is 4.98 Å². The van der Waals surface area contributed by atoms with E-state index in [-0.39, 0.29) is 5.41 Å². The topological polar surface area (TPSA) is 66.3 Å². The normalized spacial score (nSPS) is 28.5. The first kappa shape index (κ1) is 15.1. The van der Waals surface area contributed by atoms with Crippen LogP contribution in [-0.4, -0.2) is 38.5 Å². The summed E-state index contributed by atoms with van der Waals surface area (Å²) in [4.78, 5) is 23.4. The molecular formula is C18H25N3O2. The third-order valence-corrected chi connectivity index (χ3v) is 5.79. The Labute approximate surface area is 137 Å². The molecule has 2 unspecified atom stereocenters. The zero-order valence-corrected chi connectivity index (χ0v) is 14.2. The van der Waals surface area contributed by atoms with Crippen LogP contribution in [0.3, 0.4) is 0 Å². The molecule has 0 spiro atoms. The number of aliphatic carboxylic acids is 1. The molecule has 5 heteroatoms. The lowest BCUT2D eigenvalue weighted by molar-refractivity contribution is -0.144. The molecule has 3 aliphatic rings. The quantitative estimate of drug-likeness (QED) is 0.929. The molecule has 2 bridgehead atoms. The van der Waals surface area contributed by atoms with Gasteiger partial charge in [-0.2, -0.15) is 0 Å². The van der Waals surface area contributed by atoms with Gasteiger partial charge in [0.2, 0.25) is 0 Å². The summed E-state index contributed by atoms with van der Waals surface area (Å²) < 4.78 is 0. The van der Waals surface area contributed by atoms with Gasteiger partial charge in [0, 0.05) is 42.2 Å². The Morgan fingerprint density at radius 1 is 1.39 bits per heavy atom. The highest BCUT2D eigenvalue weighted by Crippen LogP contribution is 2.51. The number of carbonyl (C=O) groups is 1. The van der Waals surface area contributed by atoms with Crippen LogP contribution < -0.4 is 0 Å². The molecule has 4 rings (SSSR count). The summed E-state index contributed by atoms with van der Waals surface area (Å²) in [5.41, 5.74) is 1.90. The summed E-state index contributed by atoms with van der Waals surface area (Å²) in [6.07, 6.45) is 6.83. The lowest BCUT2D eigenvalue weighted by atomic mass is 9.93. The monoisotopic (exact) mass is 315 g/mol. The Morgan fingerprint density at radius 3 is 2.74 bits per heavy atom. The molecule has 3 heterocycles. The maximum Gasteiger partial charge on any atom is 0.310 e. The Morgan fingerprint density at radius 2 is 2.13 bits per heavy atom. The van der Waals surface area contributed by atoms with Gasteiger partial charge in [0.05, 0.1) is 11.1 Å². The molecule has 1 saturated carbocycles. The van der Waals surface area contributed by atoms with E-state index in [1.807, 2.05) is 6.20 Å². The summed E-state index contributed by atoms with van der Waals surface area (Å²) in [7, 11) is 0. The van der Waals surface area contributed by atoms with Crippen molar-refractivity contribution in [3.05, 3.63) is 23.3 Å². The van der Waals surface area contributed by atoms with Gasteiger partial charge in [-0.05, 0) is 25.7 Å². The average Bonchev–Trinajstić information content (AvgIpc) is 3.19. The molecule has 2 fully saturated rings. The van der Waals surface area contributed by atoms with Crippen molar-refractivity contribution < 1.29 is 9.90 Å². The third-order valence-electron chi connectivity index (χ3n) is 5.79. The van der Waals surface area contributed by atoms with Gasteiger partial charge in [-0.25, -0.2) is 9.97 Å². The van der Waals surface area contributed by atoms with E-state index in [1.165, 1.54) is 11.3 Å². The van der Waals surface area contributed by atoms with Crippen molar-refractivity contribution in [2.24, 2.45) is 5.41 Å². The van der Waals surface area contributed by atoms with Crippen molar-refractivity contribution in [2.45, 2.75) is 70.4 Å². The van der Waals surface area contributed by atoms with Crippen LogP contribution in [0.1, 0.15) is 69.6 Å². The third kappa shape index (κ3) is 2.36. The molecule has 2 atom stereocenters. The van der Waals surface area contributed by atoms with Gasteiger partial charge < -0.3 is 5.11 Å². The van der Waals surface area contributed by atoms with Gasteiger partial charge in [0.25, 0.3) is 0 Å². The van der Waals surface area contributed by atoms with Crippen LogP contribution in [0.25, 0.3) is 0 Å². The van der Waals surface area contributed by atoms with Gasteiger partial charge in [0.15, 0.2) is 0 Å². The molecule has 5 nitrogen and oxygen atoms in total. The fourth-order valence-electron chi connectivity index (χ4n) is 4.12. The Balaban J connectivity index is 1.63. The van der Waals surface area contributed by atoms with Crippen LogP contribution >= 0.6 is 0 Å². The van der Waals surface area contributed by atoms with Crippen molar-refractivity contribution in [1.29, 1.82) is 0 Å². The van der Waals surface area contributed by atoms with E-state index >= 15 is 0 Å². The van der Waals surface area contributed by atoms with E-state index in [9.17, 15) is 9.90 Å². The second kappa shape index (κ2) is 4.76. The van der Waals surface area contributed by atoms with E-state index < -0.39 is 11.4 Å². The fraction of sp³-hybridized carbons (Fsp3) is 0.722. The number of hydrogen-bond donors (Lipinski definition) is 1. The highest BCUT2D eigenvalue weighted by atomic mass is 16.4. The van der Waals surface area contributed by atoms with Gasteiger partial charge in [-0.1, -0.05) is 20.8 Å². The number of hydrogen-bond acceptors (Lipinski definition) is 4. The summed E-state index contributed by atoms with van der Waals surface area (Å²) in [5.74, 6) is 0.287. The number of aromatic nitrogens is 2. The van der Waals surface area contributed by atoms with E-state index in [0.29, 0.717) is 18.6 Å². The van der Waals surface area contributed by atoms with E-state index in [1.54, 1.807) is 0 Å². The van der Waals surface area contributed by atoms with Crippen molar-refractivity contribution in [1.82, 2.24) is 14.9 Å². The molecule has 0 amide bonds. The first-order chi connectivity index (χ1) is 10.8. The summed E-state index contributed by atoms with van der Waals surface area (Å²) >= 11 is 0. The molecule has 0 radical (unpaired) electrons. The van der Waals surface area contributed by atoms with Gasteiger partial charge in [0.1, 0.15) is 5.82 Å². The number of rotatable bonds is 3. The van der Waals surface area contributed by atoms with Crippen LogP contribution in [0.5, 0.6) is 0 Å². The second-order valence-electron chi connectivity index (χ2n) is 8.55. The van der Waals surface area contributed by atoms with Crippen LogP contribution in [0.2, 0.25) is 0 Å². The smallest absolute Gasteiger partial charge is 0.310 e. The van der Waals surface area contributed by atoms with Gasteiger partial charge in [-0.3, -0.25) is 9.69 Å². The molecule has 1 N–H and O–H groups in total. The molecule has 0 aromatic carbocycles. The number of nitrogens with zero attached hydrogens (tertiary/aromatic N) is 3. The first-order valence-electron chi connectivity index (χ1n) is 8.66. The SMILES string of the molecule is CC(C)(C)c1ncc2c(n1)CC1CCC2N1CC1(C(=O)O)CC1. The zero-order chi connectivity index (χ0) is 16.4. The Bertz CT molecular complexity index is 661. The van der Waals surface area contributed by atoms with Crippen LogP contribution in [0, 0.1) is 5.41 Å². The number of carboxylic acids is 1. The minimum atomic E-state index is -0.623. The van der Waals surface area contributed by atoms with Crippen molar-refractivity contribution in [3.8, 4) is 0 Å². The van der Waals surface area contributed by atoms with Crippen LogP contribution in [0.4, 0.5) is 0 Å².